The van der Waals surface area contributed by atoms with Gasteiger partial charge in [-0.15, -0.1) is 0 Å². The number of carbonyl (C=O) groups is 1. The van der Waals surface area contributed by atoms with Crippen LogP contribution in [0.5, 0.6) is 0 Å². The third-order valence-electron chi connectivity index (χ3n) is 4.83. The monoisotopic (exact) mass is 326 g/mol. The van der Waals surface area contributed by atoms with Gasteiger partial charge in [-0.2, -0.15) is 0 Å². The molecule has 1 atom stereocenters. The topological polar surface area (TPSA) is 58.6 Å². The zero-order valence-electron chi connectivity index (χ0n) is 13.7. The average molecular weight is 326 g/mol. The molecule has 3 heterocycles. The Morgan fingerprint density at radius 2 is 1.92 bits per heavy atom. The lowest BCUT2D eigenvalue weighted by molar-refractivity contribution is -0.145. The molecule has 0 saturated carbocycles. The second-order valence-electron chi connectivity index (χ2n) is 6.41. The van der Waals surface area contributed by atoms with Crippen LogP contribution < -0.4 is 4.90 Å². The maximum Gasteiger partial charge on any atom is 0.253 e. The maximum absolute atomic E-state index is 12.7. The zero-order chi connectivity index (χ0) is 16.4. The van der Waals surface area contributed by atoms with E-state index in [1.807, 2.05) is 29.2 Å². The van der Waals surface area contributed by atoms with E-state index in [1.165, 1.54) is 6.42 Å². The summed E-state index contributed by atoms with van der Waals surface area (Å²) in [4.78, 5) is 25.6. The zero-order valence-corrected chi connectivity index (χ0v) is 13.7. The Labute approximate surface area is 141 Å². The number of fused-ring (bicyclic) bond motifs is 1. The van der Waals surface area contributed by atoms with Gasteiger partial charge in [-0.3, -0.25) is 4.79 Å². The van der Waals surface area contributed by atoms with E-state index >= 15 is 0 Å². The molecule has 1 unspecified atom stereocenters. The van der Waals surface area contributed by atoms with E-state index in [2.05, 4.69) is 14.9 Å². The van der Waals surface area contributed by atoms with Gasteiger partial charge < -0.3 is 14.5 Å². The largest absolute Gasteiger partial charge is 0.365 e. The maximum atomic E-state index is 12.7. The number of anilines is 1. The van der Waals surface area contributed by atoms with Crippen molar-refractivity contribution in [2.45, 2.75) is 25.4 Å². The molecule has 2 aromatic rings. The highest BCUT2D eigenvalue weighted by molar-refractivity contribution is 5.90. The van der Waals surface area contributed by atoms with Crippen molar-refractivity contribution in [3.8, 4) is 0 Å². The van der Waals surface area contributed by atoms with E-state index in [9.17, 15) is 4.79 Å². The first-order chi connectivity index (χ1) is 11.8. The molecule has 1 aromatic heterocycles. The van der Waals surface area contributed by atoms with Gasteiger partial charge in [-0.1, -0.05) is 12.1 Å². The first-order valence-corrected chi connectivity index (χ1v) is 8.68. The fraction of sp³-hybridized carbons (Fsp3) is 0.500. The van der Waals surface area contributed by atoms with Crippen LogP contribution in [0.3, 0.4) is 0 Å². The Hall–Kier alpha value is -2.21. The number of rotatable bonds is 2. The molecule has 126 valence electrons. The molecule has 0 bridgehead atoms. The van der Waals surface area contributed by atoms with Crippen molar-refractivity contribution in [1.82, 2.24) is 14.9 Å². The highest BCUT2D eigenvalue weighted by atomic mass is 16.5. The number of nitrogens with zero attached hydrogens (tertiary/aromatic N) is 4. The minimum Gasteiger partial charge on any atom is -0.365 e. The van der Waals surface area contributed by atoms with Gasteiger partial charge in [0.05, 0.1) is 18.7 Å². The van der Waals surface area contributed by atoms with E-state index in [4.69, 9.17) is 4.74 Å². The molecule has 0 N–H and O–H groups in total. The van der Waals surface area contributed by atoms with Gasteiger partial charge in [-0.25, -0.2) is 9.97 Å². The third kappa shape index (κ3) is 2.94. The normalized spacial score (nSPS) is 21.9. The van der Waals surface area contributed by atoms with Crippen molar-refractivity contribution < 1.29 is 9.53 Å². The van der Waals surface area contributed by atoms with Gasteiger partial charge in [0.15, 0.2) is 6.10 Å². The molecular weight excluding hydrogens is 304 g/mol. The standard InChI is InChI=1S/C18H22N4O2/c23-18(21-8-4-1-5-9-21)16-12-22(10-11-24-16)17-14-6-2-3-7-15(14)19-13-20-17/h2-3,6-7,13,16H,1,4-5,8-12H2. The summed E-state index contributed by atoms with van der Waals surface area (Å²) in [5, 5.41) is 1.02. The summed E-state index contributed by atoms with van der Waals surface area (Å²) in [7, 11) is 0. The highest BCUT2D eigenvalue weighted by Gasteiger charge is 2.31. The number of aromatic nitrogens is 2. The van der Waals surface area contributed by atoms with Crippen LogP contribution >= 0.6 is 0 Å². The summed E-state index contributed by atoms with van der Waals surface area (Å²) in [6, 6.07) is 7.98. The van der Waals surface area contributed by atoms with Crippen molar-refractivity contribution in [2.75, 3.05) is 37.7 Å². The van der Waals surface area contributed by atoms with Crippen molar-refractivity contribution >= 4 is 22.6 Å². The molecule has 4 rings (SSSR count). The molecule has 2 aliphatic rings. The van der Waals surface area contributed by atoms with E-state index < -0.39 is 6.10 Å². The summed E-state index contributed by atoms with van der Waals surface area (Å²) in [6.45, 7) is 3.55. The lowest BCUT2D eigenvalue weighted by Gasteiger charge is -2.36. The lowest BCUT2D eigenvalue weighted by atomic mass is 10.1. The summed E-state index contributed by atoms with van der Waals surface area (Å²) in [5.74, 6) is 1.01. The molecule has 2 fully saturated rings. The molecule has 1 amide bonds. The van der Waals surface area contributed by atoms with E-state index in [1.54, 1.807) is 6.33 Å². The fourth-order valence-corrected chi connectivity index (χ4v) is 3.55. The summed E-state index contributed by atoms with van der Waals surface area (Å²) in [6.07, 6.45) is 4.60. The van der Waals surface area contributed by atoms with Crippen LogP contribution in [0.1, 0.15) is 19.3 Å². The second-order valence-corrected chi connectivity index (χ2v) is 6.41. The van der Waals surface area contributed by atoms with Crippen molar-refractivity contribution in [2.24, 2.45) is 0 Å². The third-order valence-corrected chi connectivity index (χ3v) is 4.83. The van der Waals surface area contributed by atoms with Crippen LogP contribution in [-0.2, 0) is 9.53 Å². The predicted octanol–water partition coefficient (Wildman–Crippen LogP) is 1.85. The molecule has 0 radical (unpaired) electrons. The number of piperidine rings is 1. The number of amides is 1. The van der Waals surface area contributed by atoms with E-state index in [0.29, 0.717) is 13.2 Å². The highest BCUT2D eigenvalue weighted by Crippen LogP contribution is 2.25. The SMILES string of the molecule is O=C(C1CN(c2ncnc3ccccc23)CCO1)N1CCCCC1. The van der Waals surface area contributed by atoms with E-state index in [-0.39, 0.29) is 5.91 Å². The minimum atomic E-state index is -0.398. The van der Waals surface area contributed by atoms with Crippen LogP contribution in [0.25, 0.3) is 10.9 Å². The Morgan fingerprint density at radius 1 is 1.08 bits per heavy atom. The molecule has 24 heavy (non-hydrogen) atoms. The summed E-state index contributed by atoms with van der Waals surface area (Å²) >= 11 is 0. The number of carbonyl (C=O) groups excluding carboxylic acids is 1. The minimum absolute atomic E-state index is 0.123. The summed E-state index contributed by atoms with van der Waals surface area (Å²) < 4.78 is 5.78. The predicted molar refractivity (Wildman–Crippen MR) is 91.9 cm³/mol. The van der Waals surface area contributed by atoms with Gasteiger partial charge in [0.2, 0.25) is 0 Å². The van der Waals surface area contributed by atoms with Crippen molar-refractivity contribution in [3.63, 3.8) is 0 Å². The van der Waals surface area contributed by atoms with E-state index in [0.717, 1.165) is 49.2 Å². The van der Waals surface area contributed by atoms with Crippen LogP contribution in [-0.4, -0.2) is 59.7 Å². The lowest BCUT2D eigenvalue weighted by Crippen LogP contribution is -2.52. The van der Waals surface area contributed by atoms with Crippen molar-refractivity contribution in [1.29, 1.82) is 0 Å². The molecule has 2 saturated heterocycles. The first-order valence-electron chi connectivity index (χ1n) is 8.68. The molecule has 0 spiro atoms. The number of benzene rings is 1. The number of morpholine rings is 1. The van der Waals surface area contributed by atoms with Gasteiger partial charge >= 0.3 is 0 Å². The van der Waals surface area contributed by atoms with Crippen LogP contribution in [0.15, 0.2) is 30.6 Å². The summed E-state index contributed by atoms with van der Waals surface area (Å²) in [5.41, 5.74) is 0.924. The van der Waals surface area contributed by atoms with Gasteiger partial charge in [0.25, 0.3) is 5.91 Å². The Balaban J connectivity index is 1.55. The first kappa shape index (κ1) is 15.3. The van der Waals surface area contributed by atoms with Crippen molar-refractivity contribution in [3.05, 3.63) is 30.6 Å². The van der Waals surface area contributed by atoms with Crippen LogP contribution in [0.2, 0.25) is 0 Å². The number of para-hydroxylation sites is 1. The molecule has 6 nitrogen and oxygen atoms in total. The fourth-order valence-electron chi connectivity index (χ4n) is 3.55. The van der Waals surface area contributed by atoms with Crippen LogP contribution in [0, 0.1) is 0 Å². The van der Waals surface area contributed by atoms with Gasteiger partial charge in [-0.05, 0) is 31.4 Å². The van der Waals surface area contributed by atoms with Crippen LogP contribution in [0.4, 0.5) is 5.82 Å². The van der Waals surface area contributed by atoms with Gasteiger partial charge in [0, 0.05) is 25.0 Å². The Bertz CT molecular complexity index is 725. The molecule has 2 aliphatic heterocycles. The van der Waals surface area contributed by atoms with Gasteiger partial charge in [0.1, 0.15) is 12.1 Å². The molecular formula is C18H22N4O2. The average Bonchev–Trinajstić information content (AvgIpc) is 2.68. The quantitative estimate of drug-likeness (QED) is 0.843. The molecule has 1 aromatic carbocycles. The number of hydrogen-bond acceptors (Lipinski definition) is 5. The number of ether oxygens (including phenoxy) is 1. The Morgan fingerprint density at radius 3 is 2.79 bits per heavy atom. The smallest absolute Gasteiger partial charge is 0.253 e. The number of hydrogen-bond donors (Lipinski definition) is 0. The molecule has 0 aliphatic carbocycles. The number of likely N-dealkylation sites (tertiary alicyclic amines) is 1. The molecule has 6 heteroatoms. The second kappa shape index (κ2) is 6.73. The Kier molecular flexibility index (Phi) is 4.30.